The standard InChI is InChI=1S/C33H34F2N6O2S2/c1-6-26(42)39-15-20(5)40(16-19(39)4)31-23-14-25(35)29-27-21(8-7-9-24(27)34)11-13-44-45-17-22-10-12-36-28(18(2)3)30(22)41(32(23)37-29)33(43)38-31/h6-10,12,14,18-20H,1,11,13,15-17H2,2-5H3/t19-,20+/m1/s1. The first-order valence-corrected chi connectivity index (χ1v) is 17.4. The van der Waals surface area contributed by atoms with Gasteiger partial charge in [-0.25, -0.2) is 23.1 Å². The summed E-state index contributed by atoms with van der Waals surface area (Å²) < 4.78 is 33.3. The molecule has 1 saturated heterocycles. The van der Waals surface area contributed by atoms with Crippen molar-refractivity contribution in [3.05, 3.63) is 88.1 Å². The van der Waals surface area contributed by atoms with Crippen molar-refractivity contribution in [2.75, 3.05) is 23.7 Å². The molecule has 2 bridgehead atoms. The lowest BCUT2D eigenvalue weighted by molar-refractivity contribution is -0.128. The second-order valence-corrected chi connectivity index (χ2v) is 14.3. The van der Waals surface area contributed by atoms with Gasteiger partial charge >= 0.3 is 5.69 Å². The highest BCUT2D eigenvalue weighted by Gasteiger charge is 2.34. The van der Waals surface area contributed by atoms with E-state index in [1.807, 2.05) is 38.7 Å². The minimum atomic E-state index is -0.712. The van der Waals surface area contributed by atoms with E-state index in [9.17, 15) is 9.59 Å². The number of benzene rings is 1. The monoisotopic (exact) mass is 648 g/mol. The van der Waals surface area contributed by atoms with Gasteiger partial charge in [-0.15, -0.1) is 0 Å². The summed E-state index contributed by atoms with van der Waals surface area (Å²) in [5.41, 5.74) is 2.28. The summed E-state index contributed by atoms with van der Waals surface area (Å²) in [6, 6.07) is 7.45. The van der Waals surface area contributed by atoms with Crippen molar-refractivity contribution in [1.82, 2.24) is 24.4 Å². The summed E-state index contributed by atoms with van der Waals surface area (Å²) in [6.45, 7) is 12.2. The zero-order chi connectivity index (χ0) is 32.0. The Bertz CT molecular complexity index is 1880. The van der Waals surface area contributed by atoms with Gasteiger partial charge in [-0.1, -0.05) is 54.1 Å². The molecule has 0 N–H and O–H groups in total. The van der Waals surface area contributed by atoms with Crippen LogP contribution in [-0.4, -0.2) is 61.3 Å². The third-order valence-corrected chi connectivity index (χ3v) is 10.7. The maximum Gasteiger partial charge on any atom is 0.355 e. The number of amides is 1. The van der Waals surface area contributed by atoms with Crippen molar-refractivity contribution in [1.29, 1.82) is 0 Å². The van der Waals surface area contributed by atoms with Crippen molar-refractivity contribution < 1.29 is 13.6 Å². The minimum Gasteiger partial charge on any atom is -0.349 e. The molecule has 2 atom stereocenters. The third-order valence-electron chi connectivity index (χ3n) is 8.41. The van der Waals surface area contributed by atoms with Crippen LogP contribution in [0.1, 0.15) is 50.4 Å². The fourth-order valence-electron chi connectivity index (χ4n) is 6.21. The number of carbonyl (C=O) groups is 1. The Balaban J connectivity index is 1.69. The quantitative estimate of drug-likeness (QED) is 0.189. The van der Waals surface area contributed by atoms with Crippen molar-refractivity contribution in [2.45, 2.75) is 57.9 Å². The highest BCUT2D eigenvalue weighted by molar-refractivity contribution is 8.76. The Morgan fingerprint density at radius 3 is 2.62 bits per heavy atom. The molecule has 0 spiro atoms. The van der Waals surface area contributed by atoms with Gasteiger partial charge in [0.15, 0.2) is 5.65 Å². The molecule has 4 aromatic rings. The molecule has 0 aliphatic carbocycles. The van der Waals surface area contributed by atoms with Crippen LogP contribution in [0.3, 0.4) is 0 Å². The number of anilines is 1. The SMILES string of the molecule is C=CC(=O)N1C[C@H](C)N(c2nc(=O)n3c4nc(c(F)cc24)-c2c(F)cccc2CCSSCc2ccnc(C(C)C)c2-3)C[C@H]1C. The van der Waals surface area contributed by atoms with Gasteiger partial charge < -0.3 is 9.80 Å². The number of nitrogens with zero attached hydrogens (tertiary/aromatic N) is 6. The average Bonchev–Trinajstić information content (AvgIpc) is 3.02. The normalized spacial score (nSPS) is 18.6. The third kappa shape index (κ3) is 5.63. The van der Waals surface area contributed by atoms with Crippen LogP contribution in [0.5, 0.6) is 0 Å². The molecule has 3 aromatic heterocycles. The zero-order valence-corrected chi connectivity index (χ0v) is 27.2. The molecular weight excluding hydrogens is 615 g/mol. The molecule has 1 amide bonds. The Morgan fingerprint density at radius 1 is 1.07 bits per heavy atom. The Morgan fingerprint density at radius 2 is 1.87 bits per heavy atom. The van der Waals surface area contributed by atoms with E-state index in [2.05, 4.69) is 16.5 Å². The summed E-state index contributed by atoms with van der Waals surface area (Å²) in [5.74, 6) is 0.00457. The number of rotatable bonds is 3. The zero-order valence-electron chi connectivity index (χ0n) is 25.6. The number of pyridine rings is 2. The molecule has 0 saturated carbocycles. The lowest BCUT2D eigenvalue weighted by Gasteiger charge is -2.44. The molecule has 1 aromatic carbocycles. The fourth-order valence-corrected chi connectivity index (χ4v) is 8.31. The molecule has 2 aliphatic heterocycles. The lowest BCUT2D eigenvalue weighted by atomic mass is 10.00. The van der Waals surface area contributed by atoms with Crippen LogP contribution in [0.4, 0.5) is 14.6 Å². The van der Waals surface area contributed by atoms with E-state index in [1.54, 1.807) is 44.8 Å². The highest BCUT2D eigenvalue weighted by Crippen LogP contribution is 2.38. The van der Waals surface area contributed by atoms with Gasteiger partial charge in [-0.3, -0.25) is 9.78 Å². The first-order valence-electron chi connectivity index (χ1n) is 14.9. The van der Waals surface area contributed by atoms with Gasteiger partial charge in [-0.05, 0) is 61.6 Å². The summed E-state index contributed by atoms with van der Waals surface area (Å²) >= 11 is 0. The number of piperazine rings is 1. The van der Waals surface area contributed by atoms with E-state index >= 15 is 8.78 Å². The van der Waals surface area contributed by atoms with E-state index in [0.29, 0.717) is 53.3 Å². The van der Waals surface area contributed by atoms with Crippen LogP contribution in [0.15, 0.2) is 54.0 Å². The van der Waals surface area contributed by atoms with Crippen molar-refractivity contribution in [3.63, 3.8) is 0 Å². The van der Waals surface area contributed by atoms with Crippen molar-refractivity contribution in [2.24, 2.45) is 0 Å². The average molecular weight is 649 g/mol. The summed E-state index contributed by atoms with van der Waals surface area (Å²) in [7, 11) is 3.27. The molecule has 0 unspecified atom stereocenters. The van der Waals surface area contributed by atoms with Gasteiger partial charge in [0.1, 0.15) is 23.1 Å². The number of hydrogen-bond acceptors (Lipinski definition) is 8. The van der Waals surface area contributed by atoms with E-state index < -0.39 is 17.3 Å². The first-order chi connectivity index (χ1) is 21.6. The second-order valence-electron chi connectivity index (χ2n) is 11.8. The largest absolute Gasteiger partial charge is 0.355 e. The first kappa shape index (κ1) is 31.2. The number of halogens is 2. The number of aromatic nitrogens is 4. The molecule has 1 fully saturated rings. The van der Waals surface area contributed by atoms with Crippen molar-refractivity contribution >= 4 is 44.3 Å². The second kappa shape index (κ2) is 12.6. The highest BCUT2D eigenvalue weighted by atomic mass is 33.1. The molecule has 0 radical (unpaired) electrons. The van der Waals surface area contributed by atoms with Crippen LogP contribution >= 0.6 is 21.6 Å². The molecule has 234 valence electrons. The van der Waals surface area contributed by atoms with Gasteiger partial charge in [0.05, 0.1) is 16.8 Å². The summed E-state index contributed by atoms with van der Waals surface area (Å²) in [4.78, 5) is 44.5. The topological polar surface area (TPSA) is 84.2 Å². The van der Waals surface area contributed by atoms with Gasteiger partial charge in [-0.2, -0.15) is 4.98 Å². The molecule has 5 heterocycles. The lowest BCUT2D eigenvalue weighted by Crippen LogP contribution is -2.58. The van der Waals surface area contributed by atoms with Crippen molar-refractivity contribution in [3.8, 4) is 16.9 Å². The van der Waals surface area contributed by atoms with Gasteiger partial charge in [0, 0.05) is 48.4 Å². The van der Waals surface area contributed by atoms with E-state index in [4.69, 9.17) is 4.98 Å². The Hall–Kier alpha value is -3.77. The van der Waals surface area contributed by atoms with E-state index in [1.165, 1.54) is 22.8 Å². The Kier molecular flexibility index (Phi) is 8.71. The molecule has 6 rings (SSSR count). The van der Waals surface area contributed by atoms with Crippen LogP contribution < -0.4 is 10.6 Å². The smallest absolute Gasteiger partial charge is 0.349 e. The number of aryl methyl sites for hydroxylation is 1. The van der Waals surface area contributed by atoms with Gasteiger partial charge in [0.25, 0.3) is 0 Å². The molecular formula is C33H34F2N6O2S2. The number of hydrogen-bond donors (Lipinski definition) is 0. The summed E-state index contributed by atoms with van der Waals surface area (Å²) in [5, 5.41) is 0.317. The van der Waals surface area contributed by atoms with Crippen LogP contribution in [0.2, 0.25) is 0 Å². The predicted octanol–water partition coefficient (Wildman–Crippen LogP) is 6.29. The Labute approximate surface area is 268 Å². The minimum absolute atomic E-state index is 0.0515. The fraction of sp³-hybridized carbons (Fsp3) is 0.364. The van der Waals surface area contributed by atoms with E-state index in [0.717, 1.165) is 5.56 Å². The summed E-state index contributed by atoms with van der Waals surface area (Å²) in [6.07, 6.45) is 3.54. The van der Waals surface area contributed by atoms with Crippen LogP contribution in [0.25, 0.3) is 28.0 Å². The molecule has 8 nitrogen and oxygen atoms in total. The van der Waals surface area contributed by atoms with Crippen LogP contribution in [-0.2, 0) is 17.0 Å². The predicted molar refractivity (Wildman–Crippen MR) is 178 cm³/mol. The van der Waals surface area contributed by atoms with Crippen LogP contribution in [0, 0.1) is 11.6 Å². The molecule has 2 aliphatic rings. The number of fused-ring (bicyclic) bond motifs is 5. The van der Waals surface area contributed by atoms with Gasteiger partial charge in [0.2, 0.25) is 5.91 Å². The van der Waals surface area contributed by atoms with E-state index in [-0.39, 0.29) is 46.6 Å². The molecule has 45 heavy (non-hydrogen) atoms. The maximum absolute atomic E-state index is 16.3. The maximum atomic E-state index is 16.3. The number of carbonyl (C=O) groups excluding carboxylic acids is 1. The molecule has 12 heteroatoms.